The fourth-order valence-corrected chi connectivity index (χ4v) is 1.63. The summed E-state index contributed by atoms with van der Waals surface area (Å²) in [6.45, 7) is 8.17. The molecule has 0 aromatic rings. The maximum atomic E-state index is 8.62. The van der Waals surface area contributed by atoms with E-state index in [2.05, 4.69) is 31.1 Å². The largest absolute Gasteiger partial charge is 0.396 e. The molecule has 0 aliphatic rings. The molecule has 0 aliphatic heterocycles. The quantitative estimate of drug-likeness (QED) is 0.532. The van der Waals surface area contributed by atoms with Crippen LogP contribution in [0.2, 0.25) is 0 Å². The van der Waals surface area contributed by atoms with E-state index in [-0.39, 0.29) is 0 Å². The Labute approximate surface area is 101 Å². The van der Waals surface area contributed by atoms with Crippen molar-refractivity contribution in [2.24, 2.45) is 0 Å². The highest BCUT2D eigenvalue weighted by atomic mass is 16.2. The van der Waals surface area contributed by atoms with E-state index in [4.69, 9.17) is 5.11 Å². The molecule has 0 amide bonds. The lowest BCUT2D eigenvalue weighted by Gasteiger charge is -2.23. The molecule has 0 spiro atoms. The second kappa shape index (κ2) is 11.4. The zero-order valence-electron chi connectivity index (χ0n) is 11.3. The third-order valence-electron chi connectivity index (χ3n) is 3.25. The van der Waals surface area contributed by atoms with Crippen LogP contribution in [0.1, 0.15) is 46.0 Å². The van der Waals surface area contributed by atoms with Crippen molar-refractivity contribution in [2.75, 3.05) is 33.3 Å². The second-order valence-electron chi connectivity index (χ2n) is 4.63. The monoisotopic (exact) mass is 230 g/mol. The first kappa shape index (κ1) is 15.9. The van der Waals surface area contributed by atoms with E-state index >= 15 is 0 Å². The van der Waals surface area contributed by atoms with Gasteiger partial charge in [0.15, 0.2) is 0 Å². The van der Waals surface area contributed by atoms with Gasteiger partial charge in [0, 0.05) is 25.7 Å². The highest BCUT2D eigenvalue weighted by Crippen LogP contribution is 1.99. The third-order valence-corrected chi connectivity index (χ3v) is 3.25. The van der Waals surface area contributed by atoms with Gasteiger partial charge in [-0.05, 0) is 39.8 Å². The Hall–Kier alpha value is -0.120. The van der Waals surface area contributed by atoms with Crippen LogP contribution in [0, 0.1) is 0 Å². The van der Waals surface area contributed by atoms with Gasteiger partial charge < -0.3 is 15.3 Å². The van der Waals surface area contributed by atoms with Crippen LogP contribution >= 0.6 is 0 Å². The van der Waals surface area contributed by atoms with Crippen molar-refractivity contribution in [3.05, 3.63) is 0 Å². The first-order valence-electron chi connectivity index (χ1n) is 6.74. The van der Waals surface area contributed by atoms with Crippen LogP contribution in [0.25, 0.3) is 0 Å². The molecule has 0 aliphatic carbocycles. The first-order chi connectivity index (χ1) is 7.72. The van der Waals surface area contributed by atoms with Crippen molar-refractivity contribution in [3.63, 3.8) is 0 Å². The summed E-state index contributed by atoms with van der Waals surface area (Å²) in [4.78, 5) is 2.40. The Bertz CT molecular complexity index is 142. The number of hydrogen-bond acceptors (Lipinski definition) is 3. The number of aliphatic hydroxyl groups excluding tert-OH is 1. The topological polar surface area (TPSA) is 35.5 Å². The number of unbranched alkanes of at least 4 members (excludes halogenated alkanes) is 3. The Morgan fingerprint density at radius 2 is 1.81 bits per heavy atom. The summed E-state index contributed by atoms with van der Waals surface area (Å²) in [7, 11) is 2.19. The maximum absolute atomic E-state index is 8.62. The standard InChI is InChI=1S/C13H30N2O/c1-4-13(2)15(3)11-10-14-9-7-5-6-8-12-16/h13-14,16H,4-12H2,1-3H3. The molecular weight excluding hydrogens is 200 g/mol. The van der Waals surface area contributed by atoms with Crippen LogP contribution in [0.5, 0.6) is 0 Å². The molecular formula is C13H30N2O. The van der Waals surface area contributed by atoms with Crippen molar-refractivity contribution in [2.45, 2.75) is 52.0 Å². The van der Waals surface area contributed by atoms with E-state index in [0.717, 1.165) is 32.5 Å². The number of nitrogens with one attached hydrogen (secondary N) is 1. The molecule has 0 rings (SSSR count). The van der Waals surface area contributed by atoms with Gasteiger partial charge in [0.2, 0.25) is 0 Å². The second-order valence-corrected chi connectivity index (χ2v) is 4.63. The molecule has 0 bridgehead atoms. The predicted octanol–water partition coefficient (Wildman–Crippen LogP) is 1.86. The number of rotatable bonds is 11. The van der Waals surface area contributed by atoms with E-state index in [0.29, 0.717) is 12.6 Å². The van der Waals surface area contributed by atoms with Crippen molar-refractivity contribution < 1.29 is 5.11 Å². The van der Waals surface area contributed by atoms with Gasteiger partial charge in [-0.3, -0.25) is 0 Å². The molecule has 0 aromatic heterocycles. The molecule has 0 fully saturated rings. The van der Waals surface area contributed by atoms with Gasteiger partial charge in [0.25, 0.3) is 0 Å². The maximum Gasteiger partial charge on any atom is 0.0431 e. The minimum atomic E-state index is 0.340. The zero-order chi connectivity index (χ0) is 12.2. The van der Waals surface area contributed by atoms with Crippen LogP contribution in [0.3, 0.4) is 0 Å². The van der Waals surface area contributed by atoms with Gasteiger partial charge in [-0.25, -0.2) is 0 Å². The smallest absolute Gasteiger partial charge is 0.0431 e. The van der Waals surface area contributed by atoms with Gasteiger partial charge in [0.1, 0.15) is 0 Å². The number of nitrogens with zero attached hydrogens (tertiary/aromatic N) is 1. The van der Waals surface area contributed by atoms with Crippen molar-refractivity contribution >= 4 is 0 Å². The van der Waals surface area contributed by atoms with E-state index < -0.39 is 0 Å². The number of aliphatic hydroxyl groups is 1. The molecule has 0 saturated carbocycles. The molecule has 0 heterocycles. The summed E-state index contributed by atoms with van der Waals surface area (Å²) in [5, 5.41) is 12.1. The lowest BCUT2D eigenvalue weighted by molar-refractivity contribution is 0.251. The van der Waals surface area contributed by atoms with Gasteiger partial charge in [0.05, 0.1) is 0 Å². The summed E-state index contributed by atoms with van der Waals surface area (Å²) in [5.74, 6) is 0. The van der Waals surface area contributed by atoms with Crippen LogP contribution in [-0.2, 0) is 0 Å². The van der Waals surface area contributed by atoms with Gasteiger partial charge in [-0.1, -0.05) is 19.8 Å². The Balaban J connectivity index is 3.14. The predicted molar refractivity (Wildman–Crippen MR) is 70.8 cm³/mol. The SMILES string of the molecule is CCC(C)N(C)CCNCCCCCCO. The van der Waals surface area contributed by atoms with E-state index in [1.807, 2.05) is 0 Å². The molecule has 3 heteroatoms. The summed E-state index contributed by atoms with van der Waals surface area (Å²) in [6.07, 6.45) is 5.79. The van der Waals surface area contributed by atoms with Crippen LogP contribution in [0.4, 0.5) is 0 Å². The average Bonchev–Trinajstić information content (AvgIpc) is 2.31. The Morgan fingerprint density at radius 1 is 1.12 bits per heavy atom. The molecule has 0 radical (unpaired) electrons. The third kappa shape index (κ3) is 9.13. The van der Waals surface area contributed by atoms with Crippen LogP contribution in [-0.4, -0.2) is 49.3 Å². The normalized spacial score (nSPS) is 13.3. The average molecular weight is 230 g/mol. The minimum Gasteiger partial charge on any atom is -0.396 e. The highest BCUT2D eigenvalue weighted by Gasteiger charge is 2.04. The molecule has 16 heavy (non-hydrogen) atoms. The first-order valence-corrected chi connectivity index (χ1v) is 6.74. The van der Waals surface area contributed by atoms with E-state index in [9.17, 15) is 0 Å². The molecule has 1 atom stereocenters. The lowest BCUT2D eigenvalue weighted by atomic mass is 10.2. The van der Waals surface area contributed by atoms with Gasteiger partial charge in [-0.2, -0.15) is 0 Å². The van der Waals surface area contributed by atoms with Crippen molar-refractivity contribution in [1.82, 2.24) is 10.2 Å². The van der Waals surface area contributed by atoms with Crippen molar-refractivity contribution in [1.29, 1.82) is 0 Å². The summed E-state index contributed by atoms with van der Waals surface area (Å²) in [6, 6.07) is 0.686. The molecule has 1 unspecified atom stereocenters. The zero-order valence-corrected chi connectivity index (χ0v) is 11.3. The molecule has 98 valence electrons. The van der Waals surface area contributed by atoms with Crippen LogP contribution in [0.15, 0.2) is 0 Å². The van der Waals surface area contributed by atoms with E-state index in [1.165, 1.54) is 19.3 Å². The molecule has 0 saturated heterocycles. The summed E-state index contributed by atoms with van der Waals surface area (Å²) < 4.78 is 0. The van der Waals surface area contributed by atoms with Crippen molar-refractivity contribution in [3.8, 4) is 0 Å². The van der Waals surface area contributed by atoms with Gasteiger partial charge in [-0.15, -0.1) is 0 Å². The molecule has 3 nitrogen and oxygen atoms in total. The lowest BCUT2D eigenvalue weighted by Crippen LogP contribution is -2.35. The Kier molecular flexibility index (Phi) is 11.3. The highest BCUT2D eigenvalue weighted by molar-refractivity contribution is 4.62. The summed E-state index contributed by atoms with van der Waals surface area (Å²) in [5.41, 5.74) is 0. The van der Waals surface area contributed by atoms with E-state index in [1.54, 1.807) is 0 Å². The number of likely N-dealkylation sites (N-methyl/N-ethyl adjacent to an activating group) is 1. The Morgan fingerprint density at radius 3 is 2.44 bits per heavy atom. The van der Waals surface area contributed by atoms with Gasteiger partial charge >= 0.3 is 0 Å². The summed E-state index contributed by atoms with van der Waals surface area (Å²) >= 11 is 0. The molecule has 0 aromatic carbocycles. The number of hydrogen-bond donors (Lipinski definition) is 2. The van der Waals surface area contributed by atoms with Crippen LogP contribution < -0.4 is 5.32 Å². The fraction of sp³-hybridized carbons (Fsp3) is 1.00. The minimum absolute atomic E-state index is 0.340. The fourth-order valence-electron chi connectivity index (χ4n) is 1.63. The molecule has 2 N–H and O–H groups in total.